The molecule has 8 nitrogen and oxygen atoms in total. The zero-order valence-electron chi connectivity index (χ0n) is 20.0. The van der Waals surface area contributed by atoms with Gasteiger partial charge in [-0.15, -0.1) is 6.58 Å². The summed E-state index contributed by atoms with van der Waals surface area (Å²) in [5.74, 6) is -0.545. The third kappa shape index (κ3) is 3.57. The standard InChI is InChI=1S/C25H32O8/c1-8-9-24-13-20(31-6)22(33-15(3)26)25(32-7,23(24)28)17(14(24)2)10-16-11-18(29-4)21(27)19(12-16)30-5/h8,11-14,17,22,27H,1,9-10H2,2-7H3/t14-,17-,22+,24+,25-/m1/s1. The molecule has 0 saturated heterocycles. The van der Waals surface area contributed by atoms with Gasteiger partial charge in [-0.3, -0.25) is 9.59 Å². The lowest BCUT2D eigenvalue weighted by Gasteiger charge is -2.42. The van der Waals surface area contributed by atoms with E-state index in [-0.39, 0.29) is 28.9 Å². The van der Waals surface area contributed by atoms with Crippen molar-refractivity contribution in [3.05, 3.63) is 42.2 Å². The summed E-state index contributed by atoms with van der Waals surface area (Å²) in [6, 6.07) is 3.40. The number of ether oxygens (including phenoxy) is 5. The van der Waals surface area contributed by atoms with Crippen molar-refractivity contribution in [3.63, 3.8) is 0 Å². The molecule has 0 radical (unpaired) electrons. The first-order valence-electron chi connectivity index (χ1n) is 10.8. The highest BCUT2D eigenvalue weighted by Crippen LogP contribution is 2.61. The highest BCUT2D eigenvalue weighted by molar-refractivity contribution is 6.00. The molecule has 3 rings (SSSR count). The van der Waals surface area contributed by atoms with Crippen molar-refractivity contribution in [1.29, 1.82) is 0 Å². The molecular formula is C25H32O8. The van der Waals surface area contributed by atoms with Crippen LogP contribution in [-0.4, -0.2) is 57.0 Å². The molecule has 1 fully saturated rings. The van der Waals surface area contributed by atoms with Crippen molar-refractivity contribution in [2.24, 2.45) is 17.3 Å². The topological polar surface area (TPSA) is 101 Å². The molecular weight excluding hydrogens is 428 g/mol. The fourth-order valence-corrected chi connectivity index (χ4v) is 5.57. The molecule has 1 aromatic carbocycles. The average Bonchev–Trinajstić information content (AvgIpc) is 2.90. The number of carbonyl (C=O) groups is 2. The van der Waals surface area contributed by atoms with Crippen molar-refractivity contribution in [3.8, 4) is 17.2 Å². The quantitative estimate of drug-likeness (QED) is 0.443. The van der Waals surface area contributed by atoms with Gasteiger partial charge in [0.2, 0.25) is 5.75 Å². The molecule has 0 amide bonds. The summed E-state index contributed by atoms with van der Waals surface area (Å²) >= 11 is 0. The maximum atomic E-state index is 14.1. The maximum absolute atomic E-state index is 14.1. The number of Topliss-reactive ketones (excluding diaryl/α,β-unsaturated/α-hetero) is 1. The Bertz CT molecular complexity index is 958. The van der Waals surface area contributed by atoms with E-state index in [0.29, 0.717) is 18.6 Å². The highest BCUT2D eigenvalue weighted by atomic mass is 16.6. The first-order valence-corrected chi connectivity index (χ1v) is 10.8. The summed E-state index contributed by atoms with van der Waals surface area (Å²) in [6.45, 7) is 7.13. The van der Waals surface area contributed by atoms with Gasteiger partial charge in [-0.25, -0.2) is 0 Å². The number of fused-ring (bicyclic) bond motifs is 2. The zero-order valence-corrected chi connectivity index (χ0v) is 20.0. The minimum atomic E-state index is -1.47. The number of phenols is 1. The van der Waals surface area contributed by atoms with Crippen LogP contribution >= 0.6 is 0 Å². The minimum Gasteiger partial charge on any atom is -0.502 e. The molecule has 2 aliphatic rings. The normalized spacial score (nSPS) is 30.4. The van der Waals surface area contributed by atoms with Crippen LogP contribution in [0.25, 0.3) is 0 Å². The summed E-state index contributed by atoms with van der Waals surface area (Å²) in [5, 5.41) is 10.3. The SMILES string of the molecule is C=CC[C@@]12C=C(OC)[C@H](OC(C)=O)[C@@](OC)(C1=O)[C@H](Cc1cc(OC)c(O)c(OC)c1)[C@H]2C. The predicted molar refractivity (Wildman–Crippen MR) is 120 cm³/mol. The van der Waals surface area contributed by atoms with Crippen molar-refractivity contribution < 1.29 is 38.4 Å². The molecule has 0 spiro atoms. The van der Waals surface area contributed by atoms with Crippen molar-refractivity contribution >= 4 is 11.8 Å². The third-order valence-electron chi connectivity index (χ3n) is 7.13. The van der Waals surface area contributed by atoms with Crippen molar-refractivity contribution in [1.82, 2.24) is 0 Å². The van der Waals surface area contributed by atoms with Crippen LogP contribution in [0.5, 0.6) is 17.2 Å². The van der Waals surface area contributed by atoms with Crippen LogP contribution < -0.4 is 9.47 Å². The molecule has 1 aromatic rings. The van der Waals surface area contributed by atoms with Crippen LogP contribution in [0.15, 0.2) is 36.6 Å². The number of rotatable bonds is 9. The lowest BCUT2D eigenvalue weighted by molar-refractivity contribution is -0.182. The number of phenolic OH excluding ortho intramolecular Hbond substituents is 1. The number of hydrogen-bond donors (Lipinski definition) is 1. The van der Waals surface area contributed by atoms with E-state index in [4.69, 9.17) is 23.7 Å². The molecule has 0 heterocycles. The first kappa shape index (κ1) is 24.6. The molecule has 0 aromatic heterocycles. The number of benzene rings is 1. The van der Waals surface area contributed by atoms with Gasteiger partial charge in [-0.2, -0.15) is 0 Å². The Hall–Kier alpha value is -3.00. The molecule has 2 aliphatic carbocycles. The largest absolute Gasteiger partial charge is 0.502 e. The van der Waals surface area contributed by atoms with Gasteiger partial charge in [0.25, 0.3) is 0 Å². The third-order valence-corrected chi connectivity index (χ3v) is 7.13. The van der Waals surface area contributed by atoms with Gasteiger partial charge in [0, 0.05) is 20.0 Å². The van der Waals surface area contributed by atoms with Gasteiger partial charge in [0.1, 0.15) is 5.76 Å². The van der Waals surface area contributed by atoms with E-state index in [0.717, 1.165) is 5.56 Å². The highest BCUT2D eigenvalue weighted by Gasteiger charge is 2.72. The summed E-state index contributed by atoms with van der Waals surface area (Å²) in [5.41, 5.74) is -1.62. The van der Waals surface area contributed by atoms with Crippen molar-refractivity contribution in [2.75, 3.05) is 28.4 Å². The minimum absolute atomic E-state index is 0.108. The van der Waals surface area contributed by atoms with Crippen molar-refractivity contribution in [2.45, 2.75) is 38.4 Å². The number of esters is 1. The molecule has 5 atom stereocenters. The van der Waals surface area contributed by atoms with E-state index in [9.17, 15) is 14.7 Å². The Morgan fingerprint density at radius 1 is 1.15 bits per heavy atom. The number of methoxy groups -OCH3 is 4. The van der Waals surface area contributed by atoms with E-state index < -0.39 is 29.0 Å². The van der Waals surface area contributed by atoms with Crippen LogP contribution in [0.3, 0.4) is 0 Å². The van der Waals surface area contributed by atoms with E-state index in [1.165, 1.54) is 35.4 Å². The molecule has 33 heavy (non-hydrogen) atoms. The van der Waals surface area contributed by atoms with E-state index in [1.54, 1.807) is 24.3 Å². The Kier molecular flexibility index (Phi) is 6.79. The Morgan fingerprint density at radius 3 is 2.21 bits per heavy atom. The number of aromatic hydroxyl groups is 1. The fraction of sp³-hybridized carbons (Fsp3) is 0.520. The summed E-state index contributed by atoms with van der Waals surface area (Å²) in [7, 11) is 5.84. The fourth-order valence-electron chi connectivity index (χ4n) is 5.57. The molecule has 180 valence electrons. The smallest absolute Gasteiger partial charge is 0.303 e. The number of carbonyl (C=O) groups excluding carboxylic acids is 2. The number of ketones is 1. The summed E-state index contributed by atoms with van der Waals surface area (Å²) in [4.78, 5) is 26.1. The number of allylic oxidation sites excluding steroid dienone is 2. The summed E-state index contributed by atoms with van der Waals surface area (Å²) < 4.78 is 27.9. The average molecular weight is 461 g/mol. The lowest BCUT2D eigenvalue weighted by Crippen LogP contribution is -2.59. The molecule has 1 N–H and O–H groups in total. The van der Waals surface area contributed by atoms with Gasteiger partial charge < -0.3 is 28.8 Å². The zero-order chi connectivity index (χ0) is 24.6. The van der Waals surface area contributed by atoms with Gasteiger partial charge in [-0.05, 0) is 42.5 Å². The molecule has 1 saturated carbocycles. The van der Waals surface area contributed by atoms with E-state index in [1.807, 2.05) is 6.92 Å². The monoisotopic (exact) mass is 460 g/mol. The van der Waals surface area contributed by atoms with Crippen LogP contribution in [0.4, 0.5) is 0 Å². The molecule has 0 unspecified atom stereocenters. The molecule has 0 aliphatic heterocycles. The first-order chi connectivity index (χ1) is 15.7. The van der Waals surface area contributed by atoms with Crippen LogP contribution in [0.2, 0.25) is 0 Å². The van der Waals surface area contributed by atoms with E-state index >= 15 is 0 Å². The second-order valence-corrected chi connectivity index (χ2v) is 8.55. The van der Waals surface area contributed by atoms with Gasteiger partial charge in [-0.1, -0.05) is 13.0 Å². The van der Waals surface area contributed by atoms with E-state index in [2.05, 4.69) is 6.58 Å². The van der Waals surface area contributed by atoms with Gasteiger partial charge >= 0.3 is 5.97 Å². The maximum Gasteiger partial charge on any atom is 0.303 e. The Labute approximate surface area is 194 Å². The molecule has 8 heteroatoms. The second-order valence-electron chi connectivity index (χ2n) is 8.55. The predicted octanol–water partition coefficient (Wildman–Crippen LogP) is 3.21. The van der Waals surface area contributed by atoms with Crippen LogP contribution in [-0.2, 0) is 30.2 Å². The summed E-state index contributed by atoms with van der Waals surface area (Å²) in [6.07, 6.45) is 3.20. The Morgan fingerprint density at radius 2 is 1.76 bits per heavy atom. The second kappa shape index (κ2) is 9.09. The van der Waals surface area contributed by atoms with Crippen LogP contribution in [0.1, 0.15) is 25.8 Å². The van der Waals surface area contributed by atoms with Crippen LogP contribution in [0, 0.1) is 17.3 Å². The molecule has 2 bridgehead atoms. The van der Waals surface area contributed by atoms with Gasteiger partial charge in [0.15, 0.2) is 29.0 Å². The van der Waals surface area contributed by atoms with Gasteiger partial charge in [0.05, 0.1) is 26.7 Å². The lowest BCUT2D eigenvalue weighted by atomic mass is 9.70. The Balaban J connectivity index is 2.21. The number of hydrogen-bond acceptors (Lipinski definition) is 8.